The molecule has 5 rings (SSSR count). The lowest BCUT2D eigenvalue weighted by Crippen LogP contribution is -2.51. The summed E-state index contributed by atoms with van der Waals surface area (Å²) in [5.41, 5.74) is 2.74. The van der Waals surface area contributed by atoms with Crippen molar-refractivity contribution in [3.8, 4) is 0 Å². The first-order chi connectivity index (χ1) is 14.5. The molecule has 5 aliphatic rings. The highest BCUT2D eigenvalue weighted by Gasteiger charge is 2.59. The summed E-state index contributed by atoms with van der Waals surface area (Å²) in [7, 11) is 0. The maximum absolute atomic E-state index is 6.43. The topological polar surface area (TPSA) is 18.5 Å². The fraction of sp³-hybridized carbons (Fsp3) is 0.926. The molecule has 0 bridgehead atoms. The Kier molecular flexibility index (Phi) is 6.21. The summed E-state index contributed by atoms with van der Waals surface area (Å²) in [6.45, 7) is 8.66. The van der Waals surface area contributed by atoms with Gasteiger partial charge in [0, 0.05) is 11.9 Å². The molecule has 0 radical (unpaired) electrons. The van der Waals surface area contributed by atoms with Crippen LogP contribution in [0.25, 0.3) is 0 Å². The number of alkyl halides is 1. The van der Waals surface area contributed by atoms with Crippen molar-refractivity contribution in [3.63, 3.8) is 0 Å². The van der Waals surface area contributed by atoms with Crippen molar-refractivity contribution in [1.29, 1.82) is 0 Å². The third kappa shape index (κ3) is 3.58. The van der Waals surface area contributed by atoms with Crippen LogP contribution in [-0.4, -0.2) is 24.3 Å². The zero-order chi connectivity index (χ0) is 20.9. The zero-order valence-electron chi connectivity index (χ0n) is 19.5. The molecule has 1 saturated heterocycles. The molecule has 4 fully saturated rings. The van der Waals surface area contributed by atoms with Crippen molar-refractivity contribution in [1.82, 2.24) is 0 Å². The molecule has 2 nitrogen and oxygen atoms in total. The minimum Gasteiger partial charge on any atom is -0.353 e. The van der Waals surface area contributed by atoms with Gasteiger partial charge in [0.05, 0.1) is 6.10 Å². The van der Waals surface area contributed by atoms with Gasteiger partial charge in [-0.1, -0.05) is 48.4 Å². The van der Waals surface area contributed by atoms with E-state index in [1.165, 1.54) is 63.1 Å². The normalized spacial score (nSPS) is 49.5. The van der Waals surface area contributed by atoms with Crippen LogP contribution in [0.2, 0.25) is 0 Å². The first-order valence-electron chi connectivity index (χ1n) is 13.0. The number of halogens is 1. The molecule has 0 spiro atoms. The van der Waals surface area contributed by atoms with E-state index in [4.69, 9.17) is 9.47 Å². The lowest BCUT2D eigenvalue weighted by Gasteiger charge is -2.58. The second-order valence-electron chi connectivity index (χ2n) is 11.9. The van der Waals surface area contributed by atoms with Gasteiger partial charge in [0.1, 0.15) is 0 Å². The summed E-state index contributed by atoms with van der Waals surface area (Å²) in [5, 5.41) is 1.17. The molecule has 0 aromatic heterocycles. The van der Waals surface area contributed by atoms with Crippen LogP contribution in [0.3, 0.4) is 0 Å². The summed E-state index contributed by atoms with van der Waals surface area (Å²) in [6, 6.07) is 0. The molecule has 1 aliphatic heterocycles. The molecule has 0 amide bonds. The highest BCUT2D eigenvalue weighted by molar-refractivity contribution is 9.09. The van der Waals surface area contributed by atoms with Gasteiger partial charge in [-0.15, -0.1) is 0 Å². The van der Waals surface area contributed by atoms with Gasteiger partial charge < -0.3 is 9.47 Å². The number of hydrogen-bond acceptors (Lipinski definition) is 2. The number of hydrogen-bond donors (Lipinski definition) is 0. The maximum atomic E-state index is 6.43. The van der Waals surface area contributed by atoms with Crippen LogP contribution >= 0.6 is 15.9 Å². The fourth-order valence-corrected chi connectivity index (χ4v) is 9.31. The second kappa shape index (κ2) is 8.49. The molecule has 0 N–H and O–H groups in total. The lowest BCUT2D eigenvalue weighted by molar-refractivity contribution is -0.195. The van der Waals surface area contributed by atoms with Crippen LogP contribution in [0.5, 0.6) is 0 Å². The SMILES string of the molecule is C[C@H](CBr)[C@H]1CC[C@H]2[C@@H]3CC=C4C[C@@H](OC5CCCCO5)CC[C@]4(C)[C@H]3CC[C@]12C. The van der Waals surface area contributed by atoms with Gasteiger partial charge in [-0.25, -0.2) is 0 Å². The summed E-state index contributed by atoms with van der Waals surface area (Å²) < 4.78 is 12.3. The molecule has 3 saturated carbocycles. The Morgan fingerprint density at radius 1 is 1.10 bits per heavy atom. The van der Waals surface area contributed by atoms with Crippen LogP contribution in [0.1, 0.15) is 91.4 Å². The Hall–Kier alpha value is 0.140. The average Bonchev–Trinajstić information content (AvgIpc) is 3.11. The average molecular weight is 480 g/mol. The van der Waals surface area contributed by atoms with Crippen molar-refractivity contribution < 1.29 is 9.47 Å². The van der Waals surface area contributed by atoms with Gasteiger partial charge >= 0.3 is 0 Å². The van der Waals surface area contributed by atoms with E-state index >= 15 is 0 Å². The highest BCUT2D eigenvalue weighted by Crippen LogP contribution is 2.67. The van der Waals surface area contributed by atoms with Crippen molar-refractivity contribution in [2.75, 3.05) is 11.9 Å². The molecule has 1 heterocycles. The minimum atomic E-state index is 0.0623. The lowest BCUT2D eigenvalue weighted by atomic mass is 9.47. The van der Waals surface area contributed by atoms with Gasteiger partial charge in [0.15, 0.2) is 6.29 Å². The highest BCUT2D eigenvalue weighted by atomic mass is 79.9. The predicted octanol–water partition coefficient (Wildman–Crippen LogP) is 7.51. The van der Waals surface area contributed by atoms with E-state index < -0.39 is 0 Å². The van der Waals surface area contributed by atoms with Crippen molar-refractivity contribution in [3.05, 3.63) is 11.6 Å². The molecule has 9 atom stereocenters. The molecular weight excluding hydrogens is 436 g/mol. The quantitative estimate of drug-likeness (QED) is 0.307. The zero-order valence-corrected chi connectivity index (χ0v) is 21.1. The van der Waals surface area contributed by atoms with Crippen LogP contribution in [0.4, 0.5) is 0 Å². The molecule has 4 aliphatic carbocycles. The monoisotopic (exact) mass is 478 g/mol. The molecule has 170 valence electrons. The molecule has 0 aromatic rings. The second-order valence-corrected chi connectivity index (χ2v) is 12.6. The summed E-state index contributed by atoms with van der Waals surface area (Å²) in [5.74, 6) is 4.50. The fourth-order valence-electron chi connectivity index (χ4n) is 8.86. The number of fused-ring (bicyclic) bond motifs is 5. The first kappa shape index (κ1) is 22.0. The Morgan fingerprint density at radius 3 is 2.73 bits per heavy atom. The Bertz CT molecular complexity index is 655. The predicted molar refractivity (Wildman–Crippen MR) is 127 cm³/mol. The Balaban J connectivity index is 1.31. The number of allylic oxidation sites excluding steroid dienone is 1. The molecule has 3 heteroatoms. The minimum absolute atomic E-state index is 0.0623. The van der Waals surface area contributed by atoms with Gasteiger partial charge in [-0.3, -0.25) is 0 Å². The number of rotatable bonds is 4. The molecule has 1 unspecified atom stereocenters. The number of ether oxygens (including phenoxy) is 2. The smallest absolute Gasteiger partial charge is 0.157 e. The van der Waals surface area contributed by atoms with E-state index in [1.807, 2.05) is 0 Å². The maximum Gasteiger partial charge on any atom is 0.157 e. The molecule has 0 aromatic carbocycles. The van der Waals surface area contributed by atoms with Gasteiger partial charge in [0.2, 0.25) is 0 Å². The van der Waals surface area contributed by atoms with E-state index in [-0.39, 0.29) is 6.29 Å². The van der Waals surface area contributed by atoms with Crippen LogP contribution < -0.4 is 0 Å². The summed E-state index contributed by atoms with van der Waals surface area (Å²) in [6.07, 6.45) is 17.6. The standard InChI is InChI=1S/C27H43BrO2/c1-18(17-28)22-9-10-23-21-8-7-19-16-20(30-25-6-4-5-15-29-25)11-13-26(19,2)24(21)12-14-27(22,23)3/h7,18,20-25H,4-6,8-17H2,1-3H3/t18-,20+,21+,22-,23+,24+,25?,26+,27-/m1/s1. The van der Waals surface area contributed by atoms with E-state index in [1.54, 1.807) is 5.57 Å². The Labute approximate surface area is 193 Å². The van der Waals surface area contributed by atoms with Crippen LogP contribution in [-0.2, 0) is 9.47 Å². The first-order valence-corrected chi connectivity index (χ1v) is 14.1. The van der Waals surface area contributed by atoms with Crippen molar-refractivity contribution >= 4 is 15.9 Å². The largest absolute Gasteiger partial charge is 0.353 e. The van der Waals surface area contributed by atoms with E-state index in [2.05, 4.69) is 42.8 Å². The summed E-state index contributed by atoms with van der Waals surface area (Å²) >= 11 is 3.80. The van der Waals surface area contributed by atoms with Gasteiger partial charge in [-0.05, 0) is 111 Å². The van der Waals surface area contributed by atoms with Crippen LogP contribution in [0, 0.1) is 40.4 Å². The van der Waals surface area contributed by atoms with E-state index in [0.29, 0.717) is 16.9 Å². The molecular formula is C27H43BrO2. The van der Waals surface area contributed by atoms with E-state index in [0.717, 1.165) is 49.0 Å². The van der Waals surface area contributed by atoms with Gasteiger partial charge in [0.25, 0.3) is 0 Å². The van der Waals surface area contributed by atoms with Crippen molar-refractivity contribution in [2.45, 2.75) is 104 Å². The Morgan fingerprint density at radius 2 is 1.97 bits per heavy atom. The molecule has 30 heavy (non-hydrogen) atoms. The van der Waals surface area contributed by atoms with E-state index in [9.17, 15) is 0 Å². The third-order valence-corrected chi connectivity index (χ3v) is 11.6. The van der Waals surface area contributed by atoms with Gasteiger partial charge in [-0.2, -0.15) is 0 Å². The van der Waals surface area contributed by atoms with Crippen LogP contribution in [0.15, 0.2) is 11.6 Å². The summed E-state index contributed by atoms with van der Waals surface area (Å²) in [4.78, 5) is 0. The third-order valence-electron chi connectivity index (χ3n) is 10.5. The van der Waals surface area contributed by atoms with Crippen molar-refractivity contribution in [2.24, 2.45) is 40.4 Å².